The molecule has 0 spiro atoms. The molecule has 0 aliphatic heterocycles. The first-order chi connectivity index (χ1) is 13.8. The van der Waals surface area contributed by atoms with Crippen LogP contribution in [0.1, 0.15) is 22.8 Å². The van der Waals surface area contributed by atoms with Gasteiger partial charge in [-0.15, -0.1) is 11.8 Å². The van der Waals surface area contributed by atoms with E-state index in [4.69, 9.17) is 4.74 Å². The average Bonchev–Trinajstić information content (AvgIpc) is 2.68. The lowest BCUT2D eigenvalue weighted by Crippen LogP contribution is -2.18. The fourth-order valence-electron chi connectivity index (χ4n) is 2.27. The second-order valence-corrected chi connectivity index (χ2v) is 7.23. The number of ketones is 1. The largest absolute Gasteiger partial charge is 0.457 e. The molecule has 8 heteroatoms. The van der Waals surface area contributed by atoms with E-state index in [2.05, 4.69) is 10.6 Å². The van der Waals surface area contributed by atoms with Crippen LogP contribution in [0.5, 0.6) is 0 Å². The first-order valence-electron chi connectivity index (χ1n) is 8.84. The zero-order valence-electron chi connectivity index (χ0n) is 16.2. The fraction of sp³-hybridized carbons (Fsp3) is 0.238. The standard InChI is InChI=1S/C21H22N2O5S/c1-14-3-7-18(8-4-14)23-20(26)12-29-13-21(27)28-11-19(25)16-5-9-17(10-6-16)22-15(2)24/h3-10H,11-13H2,1-2H3,(H,22,24)(H,23,26). The number of carbonyl (C=O) groups is 4. The fourth-order valence-corrected chi connectivity index (χ4v) is 2.88. The normalized spacial score (nSPS) is 10.1. The van der Waals surface area contributed by atoms with Crippen LogP contribution in [0.25, 0.3) is 0 Å². The summed E-state index contributed by atoms with van der Waals surface area (Å²) < 4.78 is 4.96. The highest BCUT2D eigenvalue weighted by atomic mass is 32.2. The zero-order chi connectivity index (χ0) is 21.2. The van der Waals surface area contributed by atoms with Gasteiger partial charge in [-0.05, 0) is 43.3 Å². The van der Waals surface area contributed by atoms with Gasteiger partial charge in [-0.1, -0.05) is 17.7 Å². The number of ether oxygens (including phenoxy) is 1. The maximum absolute atomic E-state index is 12.1. The Morgan fingerprint density at radius 1 is 0.862 bits per heavy atom. The van der Waals surface area contributed by atoms with Gasteiger partial charge in [0.05, 0.1) is 11.5 Å². The summed E-state index contributed by atoms with van der Waals surface area (Å²) in [7, 11) is 0. The van der Waals surface area contributed by atoms with E-state index in [9.17, 15) is 19.2 Å². The monoisotopic (exact) mass is 414 g/mol. The molecule has 2 rings (SSSR count). The summed E-state index contributed by atoms with van der Waals surface area (Å²) in [6, 6.07) is 13.7. The van der Waals surface area contributed by atoms with Gasteiger partial charge < -0.3 is 15.4 Å². The number of carbonyl (C=O) groups excluding carboxylic acids is 4. The molecule has 0 saturated heterocycles. The molecule has 7 nitrogen and oxygen atoms in total. The molecule has 0 fully saturated rings. The number of hydrogen-bond donors (Lipinski definition) is 2. The van der Waals surface area contributed by atoms with Crippen molar-refractivity contribution in [3.63, 3.8) is 0 Å². The predicted octanol–water partition coefficient (Wildman–Crippen LogP) is 3.05. The number of thioether (sulfide) groups is 1. The maximum Gasteiger partial charge on any atom is 0.316 e. The lowest BCUT2D eigenvalue weighted by molar-refractivity contribution is -0.139. The highest BCUT2D eigenvalue weighted by molar-refractivity contribution is 8.00. The summed E-state index contributed by atoms with van der Waals surface area (Å²) in [5.41, 5.74) is 2.74. The van der Waals surface area contributed by atoms with Crippen LogP contribution in [0.3, 0.4) is 0 Å². The Kier molecular flexibility index (Phi) is 8.42. The summed E-state index contributed by atoms with van der Waals surface area (Å²) in [5, 5.41) is 5.34. The van der Waals surface area contributed by atoms with Crippen LogP contribution in [0, 0.1) is 6.92 Å². The Balaban J connectivity index is 1.67. The Morgan fingerprint density at radius 3 is 2.07 bits per heavy atom. The molecule has 0 aliphatic carbocycles. The molecule has 29 heavy (non-hydrogen) atoms. The van der Waals surface area contributed by atoms with Crippen molar-refractivity contribution in [3.05, 3.63) is 59.7 Å². The minimum atomic E-state index is -0.568. The van der Waals surface area contributed by atoms with Crippen LogP contribution in [-0.4, -0.2) is 41.7 Å². The number of anilines is 2. The summed E-state index contributed by atoms with van der Waals surface area (Å²) in [6.07, 6.45) is 0. The number of Topliss-reactive ketones (excluding diaryl/α,β-unsaturated/α-hetero) is 1. The van der Waals surface area contributed by atoms with Crippen molar-refractivity contribution in [3.8, 4) is 0 Å². The van der Waals surface area contributed by atoms with Crippen LogP contribution in [0.15, 0.2) is 48.5 Å². The van der Waals surface area contributed by atoms with Gasteiger partial charge in [0.2, 0.25) is 11.8 Å². The van der Waals surface area contributed by atoms with Gasteiger partial charge in [0, 0.05) is 23.9 Å². The van der Waals surface area contributed by atoms with Gasteiger partial charge in [-0.2, -0.15) is 0 Å². The van der Waals surface area contributed by atoms with Gasteiger partial charge in [-0.25, -0.2) is 0 Å². The minimum Gasteiger partial charge on any atom is -0.457 e. The van der Waals surface area contributed by atoms with Crippen LogP contribution in [0.4, 0.5) is 11.4 Å². The van der Waals surface area contributed by atoms with E-state index in [-0.39, 0.29) is 35.7 Å². The summed E-state index contributed by atoms with van der Waals surface area (Å²) in [4.78, 5) is 46.7. The molecule has 0 aliphatic rings. The zero-order valence-corrected chi connectivity index (χ0v) is 17.0. The van der Waals surface area contributed by atoms with Crippen LogP contribution in [-0.2, 0) is 19.1 Å². The van der Waals surface area contributed by atoms with E-state index in [1.54, 1.807) is 36.4 Å². The minimum absolute atomic E-state index is 0.0317. The van der Waals surface area contributed by atoms with Crippen molar-refractivity contribution in [1.82, 2.24) is 0 Å². The number of amides is 2. The topological polar surface area (TPSA) is 102 Å². The third kappa shape index (κ3) is 8.18. The number of nitrogens with one attached hydrogen (secondary N) is 2. The number of esters is 1. The van der Waals surface area contributed by atoms with Gasteiger partial charge in [-0.3, -0.25) is 19.2 Å². The van der Waals surface area contributed by atoms with Crippen molar-refractivity contribution >= 4 is 46.7 Å². The lowest BCUT2D eigenvalue weighted by Gasteiger charge is -2.07. The molecule has 2 aromatic carbocycles. The predicted molar refractivity (Wildman–Crippen MR) is 113 cm³/mol. The molecule has 0 saturated carbocycles. The van der Waals surface area contributed by atoms with Gasteiger partial charge >= 0.3 is 5.97 Å². The van der Waals surface area contributed by atoms with Gasteiger partial charge in [0.15, 0.2) is 12.4 Å². The van der Waals surface area contributed by atoms with Crippen LogP contribution in [0.2, 0.25) is 0 Å². The molecule has 0 radical (unpaired) electrons. The maximum atomic E-state index is 12.1. The van der Waals surface area contributed by atoms with E-state index < -0.39 is 5.97 Å². The molecule has 0 atom stereocenters. The quantitative estimate of drug-likeness (QED) is 0.483. The van der Waals surface area contributed by atoms with E-state index in [0.29, 0.717) is 16.9 Å². The van der Waals surface area contributed by atoms with E-state index in [1.165, 1.54) is 6.92 Å². The Bertz CT molecular complexity index is 879. The Hall–Kier alpha value is -3.13. The molecule has 2 N–H and O–H groups in total. The molecule has 0 unspecified atom stereocenters. The molecule has 0 aromatic heterocycles. The lowest BCUT2D eigenvalue weighted by atomic mass is 10.1. The van der Waals surface area contributed by atoms with E-state index >= 15 is 0 Å². The SMILES string of the molecule is CC(=O)Nc1ccc(C(=O)COC(=O)CSCC(=O)Nc2ccc(C)cc2)cc1. The molecular formula is C21H22N2O5S. The second kappa shape index (κ2) is 11.0. The molecule has 0 heterocycles. The Labute approximate surface area is 173 Å². The van der Waals surface area contributed by atoms with Gasteiger partial charge in [0.25, 0.3) is 0 Å². The first kappa shape index (κ1) is 22.2. The number of hydrogen-bond acceptors (Lipinski definition) is 6. The molecule has 2 amide bonds. The molecular weight excluding hydrogens is 392 g/mol. The van der Waals surface area contributed by atoms with Crippen molar-refractivity contribution in [2.75, 3.05) is 28.7 Å². The number of rotatable bonds is 9. The first-order valence-corrected chi connectivity index (χ1v) is 9.99. The molecule has 0 bridgehead atoms. The molecule has 152 valence electrons. The summed E-state index contributed by atoms with van der Waals surface area (Å²) in [5.74, 6) is -1.28. The van der Waals surface area contributed by atoms with Gasteiger partial charge in [0.1, 0.15) is 0 Å². The second-order valence-electron chi connectivity index (χ2n) is 6.25. The van der Waals surface area contributed by atoms with Crippen LogP contribution >= 0.6 is 11.8 Å². The summed E-state index contributed by atoms with van der Waals surface area (Å²) >= 11 is 1.11. The molecule has 2 aromatic rings. The van der Waals surface area contributed by atoms with Crippen LogP contribution < -0.4 is 10.6 Å². The highest BCUT2D eigenvalue weighted by Gasteiger charge is 2.11. The van der Waals surface area contributed by atoms with Crippen molar-refractivity contribution in [1.29, 1.82) is 0 Å². The van der Waals surface area contributed by atoms with E-state index in [0.717, 1.165) is 17.3 Å². The van der Waals surface area contributed by atoms with E-state index in [1.807, 2.05) is 19.1 Å². The number of aryl methyl sites for hydroxylation is 1. The van der Waals surface area contributed by atoms with Crippen molar-refractivity contribution in [2.24, 2.45) is 0 Å². The smallest absolute Gasteiger partial charge is 0.316 e. The average molecular weight is 414 g/mol. The Morgan fingerprint density at radius 2 is 1.45 bits per heavy atom. The van der Waals surface area contributed by atoms with Crippen molar-refractivity contribution in [2.45, 2.75) is 13.8 Å². The van der Waals surface area contributed by atoms with Crippen molar-refractivity contribution < 1.29 is 23.9 Å². The highest BCUT2D eigenvalue weighted by Crippen LogP contribution is 2.11. The third-order valence-corrected chi connectivity index (χ3v) is 4.59. The third-order valence-electron chi connectivity index (χ3n) is 3.68. The number of benzene rings is 2. The summed E-state index contributed by atoms with van der Waals surface area (Å²) in [6.45, 7) is 2.97.